The van der Waals surface area contributed by atoms with E-state index < -0.39 is 0 Å². The number of anilines is 1. The standard InChI is InChI=1S/C14H8ClN5/c15-12-4-9(11-7-18-2-1-8(11)6-16)3-10-5-13(17)19-20-14(10)12/h1-5,7H,(H2,17,19). The molecule has 0 fully saturated rings. The highest BCUT2D eigenvalue weighted by Crippen LogP contribution is 2.31. The van der Waals surface area contributed by atoms with Gasteiger partial charge in [0.15, 0.2) is 0 Å². The van der Waals surface area contributed by atoms with Crippen molar-refractivity contribution in [3.8, 4) is 17.2 Å². The van der Waals surface area contributed by atoms with Crippen LogP contribution >= 0.6 is 11.6 Å². The molecule has 6 heteroatoms. The average molecular weight is 282 g/mol. The monoisotopic (exact) mass is 281 g/mol. The second kappa shape index (κ2) is 4.76. The van der Waals surface area contributed by atoms with E-state index in [9.17, 15) is 0 Å². The molecule has 2 aromatic heterocycles. The molecule has 2 heterocycles. The largest absolute Gasteiger partial charge is 0.382 e. The maximum absolute atomic E-state index is 9.15. The van der Waals surface area contributed by atoms with Crippen LogP contribution in [-0.4, -0.2) is 15.2 Å². The van der Waals surface area contributed by atoms with Gasteiger partial charge in [-0.1, -0.05) is 11.6 Å². The molecule has 0 amide bonds. The summed E-state index contributed by atoms with van der Waals surface area (Å²) < 4.78 is 0. The highest BCUT2D eigenvalue weighted by Gasteiger charge is 2.10. The fourth-order valence-electron chi connectivity index (χ4n) is 2.01. The van der Waals surface area contributed by atoms with Gasteiger partial charge < -0.3 is 5.73 Å². The molecule has 0 aliphatic carbocycles. The predicted molar refractivity (Wildman–Crippen MR) is 76.9 cm³/mol. The summed E-state index contributed by atoms with van der Waals surface area (Å²) in [6, 6.07) is 9.10. The Morgan fingerprint density at radius 3 is 2.85 bits per heavy atom. The van der Waals surface area contributed by atoms with E-state index in [0.717, 1.165) is 10.9 Å². The fourth-order valence-corrected chi connectivity index (χ4v) is 2.27. The highest BCUT2D eigenvalue weighted by molar-refractivity contribution is 6.35. The van der Waals surface area contributed by atoms with Crippen LogP contribution in [-0.2, 0) is 0 Å². The molecule has 0 saturated heterocycles. The maximum atomic E-state index is 9.15. The zero-order valence-electron chi connectivity index (χ0n) is 10.2. The molecule has 0 bridgehead atoms. The first-order valence-electron chi connectivity index (χ1n) is 5.76. The van der Waals surface area contributed by atoms with Crippen LogP contribution in [0.2, 0.25) is 5.02 Å². The van der Waals surface area contributed by atoms with E-state index >= 15 is 0 Å². The highest BCUT2D eigenvalue weighted by atomic mass is 35.5. The number of halogens is 1. The minimum Gasteiger partial charge on any atom is -0.382 e. The number of rotatable bonds is 1. The summed E-state index contributed by atoms with van der Waals surface area (Å²) in [5.74, 6) is 0.317. The summed E-state index contributed by atoms with van der Waals surface area (Å²) in [4.78, 5) is 4.05. The molecule has 0 atom stereocenters. The topological polar surface area (TPSA) is 88.5 Å². The van der Waals surface area contributed by atoms with E-state index in [-0.39, 0.29) is 0 Å². The zero-order chi connectivity index (χ0) is 14.1. The number of nitrogens with two attached hydrogens (primary N) is 1. The van der Waals surface area contributed by atoms with Crippen LogP contribution in [0.4, 0.5) is 5.82 Å². The number of aromatic nitrogens is 3. The van der Waals surface area contributed by atoms with E-state index in [1.54, 1.807) is 30.6 Å². The Morgan fingerprint density at radius 1 is 1.20 bits per heavy atom. The van der Waals surface area contributed by atoms with Gasteiger partial charge >= 0.3 is 0 Å². The van der Waals surface area contributed by atoms with Gasteiger partial charge in [-0.3, -0.25) is 4.98 Å². The smallest absolute Gasteiger partial charge is 0.146 e. The lowest BCUT2D eigenvalue weighted by atomic mass is 10.0. The minimum absolute atomic E-state index is 0.317. The van der Waals surface area contributed by atoms with Gasteiger partial charge in [0, 0.05) is 23.3 Å². The third-order valence-electron chi connectivity index (χ3n) is 2.91. The van der Waals surface area contributed by atoms with Crippen molar-refractivity contribution in [3.63, 3.8) is 0 Å². The normalized spacial score (nSPS) is 10.4. The molecule has 0 aliphatic heterocycles. The van der Waals surface area contributed by atoms with Gasteiger partial charge in [-0.05, 0) is 29.8 Å². The summed E-state index contributed by atoms with van der Waals surface area (Å²) in [7, 11) is 0. The molecule has 0 aliphatic rings. The molecule has 5 nitrogen and oxygen atoms in total. The van der Waals surface area contributed by atoms with E-state index in [0.29, 0.717) is 27.5 Å². The Balaban J connectivity index is 2.30. The molecule has 20 heavy (non-hydrogen) atoms. The van der Waals surface area contributed by atoms with Crippen molar-refractivity contribution < 1.29 is 0 Å². The quantitative estimate of drug-likeness (QED) is 0.741. The van der Waals surface area contributed by atoms with E-state index in [2.05, 4.69) is 21.3 Å². The molecule has 3 aromatic rings. The first-order chi connectivity index (χ1) is 9.69. The molecule has 3 rings (SSSR count). The van der Waals surface area contributed by atoms with E-state index in [4.69, 9.17) is 22.6 Å². The number of benzene rings is 1. The lowest BCUT2D eigenvalue weighted by Gasteiger charge is -2.07. The summed E-state index contributed by atoms with van der Waals surface area (Å²) in [5.41, 5.74) is 8.25. The van der Waals surface area contributed by atoms with Crippen LogP contribution in [0.3, 0.4) is 0 Å². The molecule has 0 saturated carbocycles. The Bertz CT molecular complexity index is 854. The SMILES string of the molecule is N#Cc1ccncc1-c1cc(Cl)c2nnc(N)cc2c1. The van der Waals surface area contributed by atoms with Crippen molar-refractivity contribution >= 4 is 28.3 Å². The maximum Gasteiger partial charge on any atom is 0.146 e. The van der Waals surface area contributed by atoms with Gasteiger partial charge in [-0.2, -0.15) is 5.26 Å². The van der Waals surface area contributed by atoms with E-state index in [1.807, 2.05) is 6.07 Å². The minimum atomic E-state index is 0.317. The van der Waals surface area contributed by atoms with Gasteiger partial charge in [0.2, 0.25) is 0 Å². The molecular formula is C14H8ClN5. The number of nitrogen functional groups attached to an aromatic ring is 1. The van der Waals surface area contributed by atoms with E-state index in [1.165, 1.54) is 0 Å². The molecule has 0 spiro atoms. The number of nitriles is 1. The number of hydrogen-bond donors (Lipinski definition) is 1. The van der Waals surface area contributed by atoms with Crippen LogP contribution in [0.15, 0.2) is 36.7 Å². The molecule has 96 valence electrons. The average Bonchev–Trinajstić information content (AvgIpc) is 2.46. The molecule has 1 aromatic carbocycles. The molecule has 2 N–H and O–H groups in total. The number of hydrogen-bond acceptors (Lipinski definition) is 5. The van der Waals surface area contributed by atoms with Crippen molar-refractivity contribution in [3.05, 3.63) is 47.2 Å². The van der Waals surface area contributed by atoms with Gasteiger partial charge in [-0.25, -0.2) is 0 Å². The molecular weight excluding hydrogens is 274 g/mol. The van der Waals surface area contributed by atoms with Crippen molar-refractivity contribution in [1.82, 2.24) is 15.2 Å². The first-order valence-corrected chi connectivity index (χ1v) is 6.14. The molecule has 0 radical (unpaired) electrons. The summed E-state index contributed by atoms with van der Waals surface area (Å²) in [5, 5.41) is 18.1. The fraction of sp³-hybridized carbons (Fsp3) is 0. The predicted octanol–water partition coefficient (Wildman–Crippen LogP) is 2.80. The van der Waals surface area contributed by atoms with Gasteiger partial charge in [0.1, 0.15) is 11.3 Å². The second-order valence-electron chi connectivity index (χ2n) is 4.20. The molecule has 0 unspecified atom stereocenters. The zero-order valence-corrected chi connectivity index (χ0v) is 11.0. The van der Waals surface area contributed by atoms with Gasteiger partial charge in [0.05, 0.1) is 16.7 Å². The van der Waals surface area contributed by atoms with Crippen LogP contribution in [0.25, 0.3) is 22.0 Å². The number of nitrogens with zero attached hydrogens (tertiary/aromatic N) is 4. The summed E-state index contributed by atoms with van der Waals surface area (Å²) in [6.07, 6.45) is 3.21. The third-order valence-corrected chi connectivity index (χ3v) is 3.20. The van der Waals surface area contributed by atoms with Crippen molar-refractivity contribution in [2.24, 2.45) is 0 Å². The summed E-state index contributed by atoms with van der Waals surface area (Å²) >= 11 is 6.21. The Hall–Kier alpha value is -2.71. The van der Waals surface area contributed by atoms with Crippen LogP contribution in [0.1, 0.15) is 5.56 Å². The third kappa shape index (κ3) is 2.02. The second-order valence-corrected chi connectivity index (χ2v) is 4.61. The lowest BCUT2D eigenvalue weighted by Crippen LogP contribution is -1.94. The number of pyridine rings is 1. The van der Waals surface area contributed by atoms with Crippen LogP contribution < -0.4 is 5.73 Å². The Labute approximate surface area is 119 Å². The van der Waals surface area contributed by atoms with Crippen molar-refractivity contribution in [2.45, 2.75) is 0 Å². The van der Waals surface area contributed by atoms with Gasteiger partial charge in [0.25, 0.3) is 0 Å². The lowest BCUT2D eigenvalue weighted by molar-refractivity contribution is 1.09. The van der Waals surface area contributed by atoms with Crippen molar-refractivity contribution in [2.75, 3.05) is 5.73 Å². The summed E-state index contributed by atoms with van der Waals surface area (Å²) in [6.45, 7) is 0. The Morgan fingerprint density at radius 2 is 2.05 bits per heavy atom. The van der Waals surface area contributed by atoms with Crippen LogP contribution in [0.5, 0.6) is 0 Å². The Kier molecular flexibility index (Phi) is 2.93. The van der Waals surface area contributed by atoms with Gasteiger partial charge in [-0.15, -0.1) is 10.2 Å². The number of fused-ring (bicyclic) bond motifs is 1. The van der Waals surface area contributed by atoms with Crippen LogP contribution in [0, 0.1) is 11.3 Å². The van der Waals surface area contributed by atoms with Crippen molar-refractivity contribution in [1.29, 1.82) is 5.26 Å². The first kappa shape index (κ1) is 12.3.